The molecule has 1 aromatic heterocycles. The molecule has 4 heteroatoms. The molecule has 0 aromatic carbocycles. The zero-order valence-electron chi connectivity index (χ0n) is 13.5. The predicted molar refractivity (Wildman–Crippen MR) is 88.3 cm³/mol. The summed E-state index contributed by atoms with van der Waals surface area (Å²) < 4.78 is 5.39. The summed E-state index contributed by atoms with van der Waals surface area (Å²) in [5, 5.41) is 2.15. The Balaban J connectivity index is 2.01. The van der Waals surface area contributed by atoms with Gasteiger partial charge in [0.2, 0.25) is 0 Å². The molecule has 2 rings (SSSR count). The van der Waals surface area contributed by atoms with Crippen LogP contribution in [0.5, 0.6) is 0 Å². The Bertz CT molecular complexity index is 461. The van der Waals surface area contributed by atoms with Crippen molar-refractivity contribution in [2.45, 2.75) is 52.0 Å². The smallest absolute Gasteiger partial charge is 0.192 e. The minimum absolute atomic E-state index is 0.246. The molecule has 0 amide bonds. The van der Waals surface area contributed by atoms with Gasteiger partial charge >= 0.3 is 0 Å². The second-order valence-electron chi connectivity index (χ2n) is 6.26. The van der Waals surface area contributed by atoms with Gasteiger partial charge in [-0.05, 0) is 43.7 Å². The summed E-state index contributed by atoms with van der Waals surface area (Å²) in [4.78, 5) is 16.0. The minimum atomic E-state index is -0.435. The lowest BCUT2D eigenvalue weighted by Gasteiger charge is -2.39. The highest BCUT2D eigenvalue weighted by molar-refractivity contribution is 7.12. The fraction of sp³-hybridized carbons (Fsp3) is 0.706. The molecule has 0 atom stereocenters. The summed E-state index contributed by atoms with van der Waals surface area (Å²) >= 11 is 1.60. The third-order valence-corrected chi connectivity index (χ3v) is 5.28. The molecule has 118 valence electrons. The third-order valence-electron chi connectivity index (χ3n) is 4.30. The highest BCUT2D eigenvalue weighted by Crippen LogP contribution is 2.26. The number of Topliss-reactive ketones (excluding diaryl/α,β-unsaturated/α-hetero) is 1. The SMILES string of the molecule is CCCCCc1csc(C(=O)C(C)(C)N2CCOCC2)c1. The van der Waals surface area contributed by atoms with Crippen molar-refractivity contribution < 1.29 is 9.53 Å². The van der Waals surface area contributed by atoms with Crippen molar-refractivity contribution in [2.75, 3.05) is 26.3 Å². The van der Waals surface area contributed by atoms with Crippen molar-refractivity contribution >= 4 is 17.1 Å². The molecule has 1 aliphatic heterocycles. The van der Waals surface area contributed by atoms with Crippen LogP contribution >= 0.6 is 11.3 Å². The Morgan fingerprint density at radius 3 is 2.71 bits per heavy atom. The molecule has 2 heterocycles. The maximum Gasteiger partial charge on any atom is 0.192 e. The predicted octanol–water partition coefficient (Wildman–Crippen LogP) is 3.77. The van der Waals surface area contributed by atoms with Crippen LogP contribution in [0.2, 0.25) is 0 Å². The largest absolute Gasteiger partial charge is 0.379 e. The molecule has 1 aromatic rings. The van der Waals surface area contributed by atoms with Gasteiger partial charge in [0.05, 0.1) is 23.6 Å². The van der Waals surface area contributed by atoms with Crippen molar-refractivity contribution in [3.05, 3.63) is 21.9 Å². The Labute approximate surface area is 132 Å². The highest BCUT2D eigenvalue weighted by atomic mass is 32.1. The van der Waals surface area contributed by atoms with Gasteiger partial charge in [-0.15, -0.1) is 11.3 Å². The van der Waals surface area contributed by atoms with Crippen LogP contribution in [-0.4, -0.2) is 42.5 Å². The standard InChI is InChI=1S/C17H27NO2S/c1-4-5-6-7-14-12-15(21-13-14)16(19)17(2,3)18-8-10-20-11-9-18/h12-13H,4-11H2,1-3H3. The zero-order valence-corrected chi connectivity index (χ0v) is 14.3. The molecule has 1 fully saturated rings. The van der Waals surface area contributed by atoms with Gasteiger partial charge in [-0.1, -0.05) is 19.8 Å². The fourth-order valence-corrected chi connectivity index (χ4v) is 3.81. The van der Waals surface area contributed by atoms with Gasteiger partial charge < -0.3 is 4.74 Å². The van der Waals surface area contributed by atoms with Crippen LogP contribution in [0.1, 0.15) is 55.3 Å². The van der Waals surface area contributed by atoms with Crippen LogP contribution in [0.15, 0.2) is 11.4 Å². The third kappa shape index (κ3) is 4.15. The molecule has 21 heavy (non-hydrogen) atoms. The molecule has 0 bridgehead atoms. The van der Waals surface area contributed by atoms with Crippen molar-refractivity contribution in [1.29, 1.82) is 0 Å². The zero-order chi connectivity index (χ0) is 15.3. The summed E-state index contributed by atoms with van der Waals surface area (Å²) in [6.45, 7) is 9.43. The monoisotopic (exact) mass is 309 g/mol. The quantitative estimate of drug-likeness (QED) is 0.567. The first kappa shape index (κ1) is 16.7. The summed E-state index contributed by atoms with van der Waals surface area (Å²) in [5.74, 6) is 0.246. The first-order valence-electron chi connectivity index (χ1n) is 8.00. The van der Waals surface area contributed by atoms with Crippen molar-refractivity contribution in [1.82, 2.24) is 4.90 Å². The normalized spacial score (nSPS) is 17.1. The molecule has 0 N–H and O–H groups in total. The van der Waals surface area contributed by atoms with Crippen molar-refractivity contribution in [3.8, 4) is 0 Å². The molecule has 0 radical (unpaired) electrons. The number of carbonyl (C=O) groups excluding carboxylic acids is 1. The summed E-state index contributed by atoms with van der Waals surface area (Å²) in [6.07, 6.45) is 4.81. The summed E-state index contributed by atoms with van der Waals surface area (Å²) in [5.41, 5.74) is 0.879. The lowest BCUT2D eigenvalue weighted by molar-refractivity contribution is -0.00414. The van der Waals surface area contributed by atoms with E-state index in [1.165, 1.54) is 24.8 Å². The number of carbonyl (C=O) groups is 1. The van der Waals surface area contributed by atoms with E-state index in [0.717, 1.165) is 37.6 Å². The van der Waals surface area contributed by atoms with E-state index in [2.05, 4.69) is 23.3 Å². The van der Waals surface area contributed by atoms with Gasteiger partial charge in [0.25, 0.3) is 0 Å². The highest BCUT2D eigenvalue weighted by Gasteiger charge is 2.36. The van der Waals surface area contributed by atoms with E-state index >= 15 is 0 Å². The minimum Gasteiger partial charge on any atom is -0.379 e. The van der Waals surface area contributed by atoms with E-state index in [1.807, 2.05) is 13.8 Å². The molecule has 0 saturated carbocycles. The Hall–Kier alpha value is -0.710. The number of hydrogen-bond acceptors (Lipinski definition) is 4. The van der Waals surface area contributed by atoms with E-state index in [4.69, 9.17) is 4.74 Å². The van der Waals surface area contributed by atoms with Crippen LogP contribution in [0, 0.1) is 0 Å². The van der Waals surface area contributed by atoms with Gasteiger partial charge in [0.1, 0.15) is 0 Å². The van der Waals surface area contributed by atoms with Gasteiger partial charge in [0, 0.05) is 13.1 Å². The lowest BCUT2D eigenvalue weighted by atomic mass is 9.94. The maximum absolute atomic E-state index is 12.8. The van der Waals surface area contributed by atoms with Crippen LogP contribution in [0.25, 0.3) is 0 Å². The summed E-state index contributed by atoms with van der Waals surface area (Å²) in [6, 6.07) is 2.10. The molecule has 0 spiro atoms. The number of morpholine rings is 1. The fourth-order valence-electron chi connectivity index (χ4n) is 2.77. The van der Waals surface area contributed by atoms with E-state index in [-0.39, 0.29) is 5.78 Å². The first-order valence-corrected chi connectivity index (χ1v) is 8.88. The number of rotatable bonds is 7. The Morgan fingerprint density at radius 2 is 2.05 bits per heavy atom. The lowest BCUT2D eigenvalue weighted by Crippen LogP contribution is -2.54. The van der Waals surface area contributed by atoms with E-state index in [0.29, 0.717) is 0 Å². The molecular formula is C17H27NO2S. The number of ether oxygens (including phenoxy) is 1. The number of ketones is 1. The number of nitrogens with zero attached hydrogens (tertiary/aromatic N) is 1. The first-order chi connectivity index (χ1) is 10.1. The summed E-state index contributed by atoms with van der Waals surface area (Å²) in [7, 11) is 0. The maximum atomic E-state index is 12.8. The molecule has 0 unspecified atom stereocenters. The number of aryl methyl sites for hydroxylation is 1. The van der Waals surface area contributed by atoms with Crippen molar-refractivity contribution in [3.63, 3.8) is 0 Å². The van der Waals surface area contributed by atoms with Crippen molar-refractivity contribution in [2.24, 2.45) is 0 Å². The van der Waals surface area contributed by atoms with Gasteiger partial charge in [-0.2, -0.15) is 0 Å². The molecule has 0 aliphatic carbocycles. The van der Waals surface area contributed by atoms with E-state index < -0.39 is 5.54 Å². The van der Waals surface area contributed by atoms with Gasteiger partial charge in [-0.25, -0.2) is 0 Å². The Morgan fingerprint density at radius 1 is 1.33 bits per heavy atom. The van der Waals surface area contributed by atoms with Crippen LogP contribution in [-0.2, 0) is 11.2 Å². The second kappa shape index (κ2) is 7.52. The topological polar surface area (TPSA) is 29.5 Å². The van der Waals surface area contributed by atoms with Gasteiger partial charge in [-0.3, -0.25) is 9.69 Å². The Kier molecular flexibility index (Phi) is 5.97. The number of thiophene rings is 1. The van der Waals surface area contributed by atoms with Crippen LogP contribution < -0.4 is 0 Å². The average molecular weight is 309 g/mol. The van der Waals surface area contributed by atoms with Crippen LogP contribution in [0.4, 0.5) is 0 Å². The average Bonchev–Trinajstić information content (AvgIpc) is 2.96. The molecule has 1 saturated heterocycles. The molecule has 3 nitrogen and oxygen atoms in total. The van der Waals surface area contributed by atoms with Gasteiger partial charge in [0.15, 0.2) is 5.78 Å². The van der Waals surface area contributed by atoms with E-state index in [9.17, 15) is 4.79 Å². The number of hydrogen-bond donors (Lipinski definition) is 0. The van der Waals surface area contributed by atoms with Crippen LogP contribution in [0.3, 0.4) is 0 Å². The molecular weight excluding hydrogens is 282 g/mol. The second-order valence-corrected chi connectivity index (χ2v) is 7.18. The number of unbranched alkanes of at least 4 members (excludes halogenated alkanes) is 2. The van der Waals surface area contributed by atoms with E-state index in [1.54, 1.807) is 11.3 Å². The molecule has 1 aliphatic rings.